The molecule has 0 heterocycles. The monoisotopic (exact) mass is 234 g/mol. The lowest BCUT2D eigenvalue weighted by Gasteiger charge is -2.12. The summed E-state index contributed by atoms with van der Waals surface area (Å²) >= 11 is 0. The van der Waals surface area contributed by atoms with Gasteiger partial charge in [-0.2, -0.15) is 5.26 Å². The number of hydrogen-bond acceptors (Lipinski definition) is 3. The Morgan fingerprint density at radius 1 is 1.47 bits per heavy atom. The van der Waals surface area contributed by atoms with Crippen LogP contribution in [0.15, 0.2) is 18.2 Å². The standard InChI is InChI=1S/C13H15FN2O/c14-12-6-9(7-15)2-4-13(12)16-8-10-1-3-11(17)5-10/h2,4,6,10-11,16-17H,1,3,5,8H2. The molecule has 0 aromatic heterocycles. The minimum absolute atomic E-state index is 0.201. The first-order chi connectivity index (χ1) is 8.19. The molecule has 0 saturated heterocycles. The van der Waals surface area contributed by atoms with Gasteiger partial charge in [-0.3, -0.25) is 0 Å². The van der Waals surface area contributed by atoms with Crippen molar-refractivity contribution in [2.45, 2.75) is 25.4 Å². The van der Waals surface area contributed by atoms with E-state index in [4.69, 9.17) is 5.26 Å². The molecular formula is C13H15FN2O. The highest BCUT2D eigenvalue weighted by Gasteiger charge is 2.22. The number of nitrogens with zero attached hydrogens (tertiary/aromatic N) is 1. The van der Waals surface area contributed by atoms with Crippen LogP contribution in [0.1, 0.15) is 24.8 Å². The van der Waals surface area contributed by atoms with Crippen LogP contribution in [-0.2, 0) is 0 Å². The summed E-state index contributed by atoms with van der Waals surface area (Å²) in [7, 11) is 0. The molecule has 17 heavy (non-hydrogen) atoms. The summed E-state index contributed by atoms with van der Waals surface area (Å²) in [5.41, 5.74) is 0.745. The van der Waals surface area contributed by atoms with Crippen molar-refractivity contribution in [3.63, 3.8) is 0 Å². The molecule has 0 spiro atoms. The number of benzene rings is 1. The molecule has 2 unspecified atom stereocenters. The van der Waals surface area contributed by atoms with Crippen molar-refractivity contribution in [3.8, 4) is 6.07 Å². The number of nitriles is 1. The summed E-state index contributed by atoms with van der Waals surface area (Å²) < 4.78 is 13.5. The number of halogens is 1. The molecule has 1 aliphatic rings. The molecule has 0 radical (unpaired) electrons. The van der Waals surface area contributed by atoms with Gasteiger partial charge < -0.3 is 10.4 Å². The van der Waals surface area contributed by atoms with Crippen LogP contribution in [-0.4, -0.2) is 17.8 Å². The molecule has 1 saturated carbocycles. The lowest BCUT2D eigenvalue weighted by atomic mass is 10.1. The van der Waals surface area contributed by atoms with Crippen molar-refractivity contribution < 1.29 is 9.50 Å². The molecule has 2 N–H and O–H groups in total. The zero-order chi connectivity index (χ0) is 12.3. The van der Waals surface area contributed by atoms with Crippen molar-refractivity contribution in [1.29, 1.82) is 5.26 Å². The Balaban J connectivity index is 1.93. The van der Waals surface area contributed by atoms with E-state index in [1.54, 1.807) is 12.1 Å². The van der Waals surface area contributed by atoms with Gasteiger partial charge in [0.15, 0.2) is 0 Å². The van der Waals surface area contributed by atoms with Crippen molar-refractivity contribution >= 4 is 5.69 Å². The van der Waals surface area contributed by atoms with Crippen LogP contribution in [0.2, 0.25) is 0 Å². The quantitative estimate of drug-likeness (QED) is 0.843. The maximum absolute atomic E-state index is 13.5. The van der Waals surface area contributed by atoms with Crippen molar-refractivity contribution in [2.75, 3.05) is 11.9 Å². The number of hydrogen-bond donors (Lipinski definition) is 2. The molecular weight excluding hydrogens is 219 g/mol. The number of aliphatic hydroxyl groups is 1. The van der Waals surface area contributed by atoms with Crippen LogP contribution < -0.4 is 5.32 Å². The van der Waals surface area contributed by atoms with Crippen LogP contribution in [0.25, 0.3) is 0 Å². The fourth-order valence-corrected chi connectivity index (χ4v) is 2.22. The van der Waals surface area contributed by atoms with E-state index in [0.29, 0.717) is 23.7 Å². The second-order valence-electron chi connectivity index (χ2n) is 4.52. The normalized spacial score (nSPS) is 23.4. The Kier molecular flexibility index (Phi) is 3.60. The SMILES string of the molecule is N#Cc1ccc(NCC2CCC(O)C2)c(F)c1. The van der Waals surface area contributed by atoms with E-state index in [2.05, 4.69) is 5.32 Å². The predicted molar refractivity (Wildman–Crippen MR) is 63.0 cm³/mol. The Morgan fingerprint density at radius 2 is 2.29 bits per heavy atom. The predicted octanol–water partition coefficient (Wildman–Crippen LogP) is 2.27. The molecule has 90 valence electrons. The second kappa shape index (κ2) is 5.15. The van der Waals surface area contributed by atoms with E-state index in [0.717, 1.165) is 19.3 Å². The van der Waals surface area contributed by atoms with Gasteiger partial charge in [0, 0.05) is 6.54 Å². The van der Waals surface area contributed by atoms with E-state index in [1.807, 2.05) is 6.07 Å². The van der Waals surface area contributed by atoms with Crippen LogP contribution in [0.4, 0.5) is 10.1 Å². The van der Waals surface area contributed by atoms with E-state index in [-0.39, 0.29) is 6.10 Å². The van der Waals surface area contributed by atoms with Crippen molar-refractivity contribution in [1.82, 2.24) is 0 Å². The van der Waals surface area contributed by atoms with Crippen LogP contribution in [0.3, 0.4) is 0 Å². The molecule has 0 amide bonds. The lowest BCUT2D eigenvalue weighted by molar-refractivity contribution is 0.178. The van der Waals surface area contributed by atoms with Crippen LogP contribution in [0, 0.1) is 23.1 Å². The Hall–Kier alpha value is -1.60. The van der Waals surface area contributed by atoms with E-state index >= 15 is 0 Å². The third kappa shape index (κ3) is 2.95. The Bertz CT molecular complexity index is 442. The van der Waals surface area contributed by atoms with Crippen LogP contribution >= 0.6 is 0 Å². The van der Waals surface area contributed by atoms with Crippen molar-refractivity contribution in [3.05, 3.63) is 29.6 Å². The van der Waals surface area contributed by atoms with Gasteiger partial charge in [0.2, 0.25) is 0 Å². The lowest BCUT2D eigenvalue weighted by Crippen LogP contribution is -2.13. The van der Waals surface area contributed by atoms with Gasteiger partial charge in [-0.1, -0.05) is 0 Å². The first-order valence-electron chi connectivity index (χ1n) is 5.80. The molecule has 1 aromatic carbocycles. The maximum atomic E-state index is 13.5. The summed E-state index contributed by atoms with van der Waals surface area (Å²) in [4.78, 5) is 0. The number of anilines is 1. The molecule has 0 bridgehead atoms. The first-order valence-corrected chi connectivity index (χ1v) is 5.80. The van der Waals surface area contributed by atoms with Gasteiger partial charge in [-0.15, -0.1) is 0 Å². The van der Waals surface area contributed by atoms with Crippen LogP contribution in [0.5, 0.6) is 0 Å². The zero-order valence-corrected chi connectivity index (χ0v) is 9.49. The molecule has 4 heteroatoms. The average Bonchev–Trinajstić information content (AvgIpc) is 2.73. The summed E-state index contributed by atoms with van der Waals surface area (Å²) in [6.07, 6.45) is 2.40. The second-order valence-corrected chi connectivity index (χ2v) is 4.52. The average molecular weight is 234 g/mol. The van der Waals surface area contributed by atoms with Gasteiger partial charge >= 0.3 is 0 Å². The minimum Gasteiger partial charge on any atom is -0.393 e. The largest absolute Gasteiger partial charge is 0.393 e. The number of nitrogens with one attached hydrogen (secondary N) is 1. The Morgan fingerprint density at radius 3 is 2.88 bits per heavy atom. The summed E-state index contributed by atoms with van der Waals surface area (Å²) in [6, 6.07) is 6.30. The summed E-state index contributed by atoms with van der Waals surface area (Å²) in [5, 5.41) is 21.0. The third-order valence-electron chi connectivity index (χ3n) is 3.19. The highest BCUT2D eigenvalue weighted by atomic mass is 19.1. The van der Waals surface area contributed by atoms with E-state index in [9.17, 15) is 9.50 Å². The third-order valence-corrected chi connectivity index (χ3v) is 3.19. The van der Waals surface area contributed by atoms with Gasteiger partial charge in [-0.25, -0.2) is 4.39 Å². The Labute approximate surface area is 99.9 Å². The van der Waals surface area contributed by atoms with Gasteiger partial charge in [0.25, 0.3) is 0 Å². The fourth-order valence-electron chi connectivity index (χ4n) is 2.22. The summed E-state index contributed by atoms with van der Waals surface area (Å²) in [5.74, 6) is 0.00244. The molecule has 0 aliphatic heterocycles. The fraction of sp³-hybridized carbons (Fsp3) is 0.462. The highest BCUT2D eigenvalue weighted by molar-refractivity contribution is 5.48. The van der Waals surface area contributed by atoms with Crippen molar-refractivity contribution in [2.24, 2.45) is 5.92 Å². The van der Waals surface area contributed by atoms with E-state index < -0.39 is 5.82 Å². The molecule has 3 nitrogen and oxygen atoms in total. The topological polar surface area (TPSA) is 56.0 Å². The van der Waals surface area contributed by atoms with Gasteiger partial charge in [-0.05, 0) is 43.4 Å². The first kappa shape index (κ1) is 11.9. The van der Waals surface area contributed by atoms with Gasteiger partial charge in [0.05, 0.1) is 23.4 Å². The minimum atomic E-state index is -0.400. The highest BCUT2D eigenvalue weighted by Crippen LogP contribution is 2.26. The molecule has 2 atom stereocenters. The molecule has 1 aliphatic carbocycles. The summed E-state index contributed by atoms with van der Waals surface area (Å²) in [6.45, 7) is 0.667. The maximum Gasteiger partial charge on any atom is 0.147 e. The number of aliphatic hydroxyl groups excluding tert-OH is 1. The van der Waals surface area contributed by atoms with E-state index in [1.165, 1.54) is 6.07 Å². The molecule has 2 rings (SSSR count). The van der Waals surface area contributed by atoms with Gasteiger partial charge in [0.1, 0.15) is 5.82 Å². The molecule has 1 aromatic rings. The zero-order valence-electron chi connectivity index (χ0n) is 9.49. The number of rotatable bonds is 3. The smallest absolute Gasteiger partial charge is 0.147 e. The molecule has 1 fully saturated rings.